The molecule has 3 heteroatoms. The smallest absolute Gasteiger partial charge is 0.303 e. The van der Waals surface area contributed by atoms with Crippen LogP contribution in [0, 0.1) is 0 Å². The molecule has 0 aliphatic rings. The molecule has 0 aliphatic heterocycles. The van der Waals surface area contributed by atoms with Crippen molar-refractivity contribution in [3.05, 3.63) is 0 Å². The minimum Gasteiger partial charge on any atom is -0.481 e. The molecule has 0 bridgehead atoms. The predicted molar refractivity (Wildman–Crippen MR) is 130 cm³/mol. The third-order valence-electron chi connectivity index (χ3n) is 6.07. The molecule has 0 aliphatic carbocycles. The number of carbonyl (C=O) groups is 1. The van der Waals surface area contributed by atoms with Crippen LogP contribution >= 0.6 is 0 Å². The van der Waals surface area contributed by atoms with E-state index < -0.39 is 5.97 Å². The summed E-state index contributed by atoms with van der Waals surface area (Å²) in [6.45, 7) is 4.20. The predicted octanol–water partition coefficient (Wildman–Crippen LogP) is 9.08. The van der Waals surface area contributed by atoms with Crippen molar-refractivity contribution < 1.29 is 14.6 Å². The summed E-state index contributed by atoms with van der Waals surface area (Å²) in [5.41, 5.74) is 0. The van der Waals surface area contributed by atoms with E-state index in [0.717, 1.165) is 26.1 Å². The molecule has 0 atom stereocenters. The van der Waals surface area contributed by atoms with Crippen molar-refractivity contribution in [2.75, 3.05) is 13.2 Å². The lowest BCUT2D eigenvalue weighted by Crippen LogP contribution is -1.97. The Morgan fingerprint density at radius 1 is 0.500 bits per heavy atom. The largest absolute Gasteiger partial charge is 0.481 e. The van der Waals surface area contributed by atoms with E-state index in [9.17, 15) is 4.79 Å². The van der Waals surface area contributed by atoms with Gasteiger partial charge in [0.1, 0.15) is 0 Å². The third kappa shape index (κ3) is 27.4. The normalized spacial score (nSPS) is 11.2. The second-order valence-corrected chi connectivity index (χ2v) is 9.18. The molecular formula is C27H54O3. The summed E-state index contributed by atoms with van der Waals surface area (Å²) >= 11 is 0. The molecule has 0 aromatic heterocycles. The van der Waals surface area contributed by atoms with Crippen molar-refractivity contribution in [1.82, 2.24) is 0 Å². The first-order chi connectivity index (χ1) is 14.8. The topological polar surface area (TPSA) is 46.5 Å². The van der Waals surface area contributed by atoms with Crippen LogP contribution in [0.1, 0.15) is 155 Å². The number of hydrogen-bond donors (Lipinski definition) is 1. The summed E-state index contributed by atoms with van der Waals surface area (Å²) in [4.78, 5) is 10.4. The van der Waals surface area contributed by atoms with Gasteiger partial charge in [-0.15, -0.1) is 0 Å². The first-order valence-electron chi connectivity index (χ1n) is 13.6. The molecule has 0 amide bonds. The van der Waals surface area contributed by atoms with Gasteiger partial charge < -0.3 is 9.84 Å². The third-order valence-corrected chi connectivity index (χ3v) is 6.07. The standard InChI is InChI=1S/C27H54O3/c1-2-3-4-5-6-7-13-16-19-22-25-30-26-23-20-17-14-11-9-8-10-12-15-18-21-24-27(28)29/h2-26H2,1H3,(H,28,29). The summed E-state index contributed by atoms with van der Waals surface area (Å²) in [7, 11) is 0. The van der Waals surface area contributed by atoms with Crippen molar-refractivity contribution in [2.24, 2.45) is 0 Å². The highest BCUT2D eigenvalue weighted by Crippen LogP contribution is 2.13. The van der Waals surface area contributed by atoms with Crippen LogP contribution in [0.3, 0.4) is 0 Å². The van der Waals surface area contributed by atoms with Gasteiger partial charge in [-0.25, -0.2) is 0 Å². The Labute approximate surface area is 188 Å². The van der Waals surface area contributed by atoms with Crippen LogP contribution in [0.5, 0.6) is 0 Å². The van der Waals surface area contributed by atoms with Gasteiger partial charge in [-0.3, -0.25) is 4.79 Å². The van der Waals surface area contributed by atoms with Crippen molar-refractivity contribution in [3.63, 3.8) is 0 Å². The minimum absolute atomic E-state index is 0.338. The molecule has 0 spiro atoms. The van der Waals surface area contributed by atoms with Crippen LogP contribution in [0.4, 0.5) is 0 Å². The maximum atomic E-state index is 10.4. The van der Waals surface area contributed by atoms with Gasteiger partial charge in [0.15, 0.2) is 0 Å². The van der Waals surface area contributed by atoms with Crippen LogP contribution in [0.15, 0.2) is 0 Å². The average molecular weight is 427 g/mol. The highest BCUT2D eigenvalue weighted by Gasteiger charge is 1.97. The van der Waals surface area contributed by atoms with Gasteiger partial charge in [0.05, 0.1) is 0 Å². The fraction of sp³-hybridized carbons (Fsp3) is 0.963. The zero-order valence-corrected chi connectivity index (χ0v) is 20.4. The molecular weight excluding hydrogens is 372 g/mol. The number of hydrogen-bond acceptors (Lipinski definition) is 2. The van der Waals surface area contributed by atoms with E-state index in [0.29, 0.717) is 6.42 Å². The maximum absolute atomic E-state index is 10.4. The summed E-state index contributed by atoms with van der Waals surface area (Å²) in [6.07, 6.45) is 29.3. The van der Waals surface area contributed by atoms with E-state index in [1.54, 1.807) is 0 Å². The van der Waals surface area contributed by atoms with Gasteiger partial charge in [-0.1, -0.05) is 129 Å². The van der Waals surface area contributed by atoms with Gasteiger partial charge in [0.25, 0.3) is 0 Å². The van der Waals surface area contributed by atoms with Crippen LogP contribution in [-0.2, 0) is 9.53 Å². The molecule has 0 heterocycles. The van der Waals surface area contributed by atoms with Crippen LogP contribution in [0.2, 0.25) is 0 Å². The molecule has 0 saturated carbocycles. The first kappa shape index (κ1) is 29.4. The number of carboxylic acids is 1. The maximum Gasteiger partial charge on any atom is 0.303 e. The fourth-order valence-corrected chi connectivity index (χ4v) is 4.04. The zero-order valence-electron chi connectivity index (χ0n) is 20.4. The Bertz CT molecular complexity index is 330. The Morgan fingerprint density at radius 2 is 0.800 bits per heavy atom. The van der Waals surface area contributed by atoms with E-state index in [1.165, 1.54) is 128 Å². The van der Waals surface area contributed by atoms with E-state index in [4.69, 9.17) is 9.84 Å². The van der Waals surface area contributed by atoms with Gasteiger partial charge in [0.2, 0.25) is 0 Å². The lowest BCUT2D eigenvalue weighted by Gasteiger charge is -2.05. The molecule has 3 nitrogen and oxygen atoms in total. The van der Waals surface area contributed by atoms with Crippen LogP contribution in [-0.4, -0.2) is 24.3 Å². The zero-order chi connectivity index (χ0) is 22.0. The molecule has 0 unspecified atom stereocenters. The van der Waals surface area contributed by atoms with Crippen molar-refractivity contribution in [2.45, 2.75) is 155 Å². The lowest BCUT2D eigenvalue weighted by atomic mass is 10.0. The highest BCUT2D eigenvalue weighted by atomic mass is 16.5. The molecule has 0 fully saturated rings. The summed E-state index contributed by atoms with van der Waals surface area (Å²) in [5.74, 6) is -0.657. The fourth-order valence-electron chi connectivity index (χ4n) is 4.04. The molecule has 180 valence electrons. The molecule has 0 radical (unpaired) electrons. The van der Waals surface area contributed by atoms with E-state index in [-0.39, 0.29) is 0 Å². The van der Waals surface area contributed by atoms with Gasteiger partial charge in [-0.05, 0) is 19.3 Å². The van der Waals surface area contributed by atoms with E-state index >= 15 is 0 Å². The second-order valence-electron chi connectivity index (χ2n) is 9.18. The number of unbranched alkanes of at least 4 members (excludes halogenated alkanes) is 20. The van der Waals surface area contributed by atoms with Gasteiger partial charge in [0, 0.05) is 19.6 Å². The van der Waals surface area contributed by atoms with Crippen molar-refractivity contribution >= 4 is 5.97 Å². The Morgan fingerprint density at radius 3 is 1.13 bits per heavy atom. The van der Waals surface area contributed by atoms with Crippen molar-refractivity contribution in [1.29, 1.82) is 0 Å². The number of rotatable bonds is 26. The SMILES string of the molecule is CCCCCCCCCCCCOCCCCCCCCCCCCCCC(=O)O. The Hall–Kier alpha value is -0.570. The minimum atomic E-state index is -0.657. The molecule has 0 rings (SSSR count). The summed E-state index contributed by atoms with van der Waals surface area (Å²) in [6, 6.07) is 0. The van der Waals surface area contributed by atoms with Crippen molar-refractivity contribution in [3.8, 4) is 0 Å². The lowest BCUT2D eigenvalue weighted by molar-refractivity contribution is -0.137. The molecule has 1 N–H and O–H groups in total. The quantitative estimate of drug-likeness (QED) is 0.140. The van der Waals surface area contributed by atoms with Gasteiger partial charge in [-0.2, -0.15) is 0 Å². The Kier molecular flexibility index (Phi) is 26.0. The van der Waals surface area contributed by atoms with E-state index in [2.05, 4.69) is 6.92 Å². The summed E-state index contributed by atoms with van der Waals surface area (Å²) < 4.78 is 5.79. The molecule has 0 saturated heterocycles. The average Bonchev–Trinajstić information content (AvgIpc) is 2.73. The highest BCUT2D eigenvalue weighted by molar-refractivity contribution is 5.66. The molecule has 30 heavy (non-hydrogen) atoms. The van der Waals surface area contributed by atoms with E-state index in [1.807, 2.05) is 0 Å². The molecule has 0 aromatic rings. The van der Waals surface area contributed by atoms with Gasteiger partial charge >= 0.3 is 5.97 Å². The number of ether oxygens (including phenoxy) is 1. The van der Waals surface area contributed by atoms with Crippen LogP contribution in [0.25, 0.3) is 0 Å². The molecule has 0 aromatic carbocycles. The number of aliphatic carboxylic acids is 1. The number of carboxylic acid groups (broad SMARTS) is 1. The second kappa shape index (κ2) is 26.5. The Balaban J connectivity index is 2.99. The van der Waals surface area contributed by atoms with Crippen LogP contribution < -0.4 is 0 Å². The monoisotopic (exact) mass is 426 g/mol. The first-order valence-corrected chi connectivity index (χ1v) is 13.6. The summed E-state index contributed by atoms with van der Waals surface area (Å²) in [5, 5.41) is 8.59.